The highest BCUT2D eigenvalue weighted by atomic mass is 16.5. The van der Waals surface area contributed by atoms with Crippen molar-refractivity contribution in [1.82, 2.24) is 0 Å². The molecule has 0 aromatic heterocycles. The molecule has 0 saturated carbocycles. The van der Waals surface area contributed by atoms with E-state index in [1.165, 1.54) is 12.7 Å². The average molecular weight is 250 g/mol. The molecule has 2 unspecified atom stereocenters. The van der Waals surface area contributed by atoms with E-state index in [0.29, 0.717) is 6.42 Å². The zero-order valence-corrected chi connectivity index (χ0v) is 11.8. The summed E-state index contributed by atoms with van der Waals surface area (Å²) in [6.07, 6.45) is 0.534. The van der Waals surface area contributed by atoms with Crippen LogP contribution in [0.5, 0.6) is 0 Å². The van der Waals surface area contributed by atoms with Crippen LogP contribution in [0.15, 0.2) is 18.2 Å². The van der Waals surface area contributed by atoms with Gasteiger partial charge in [-0.1, -0.05) is 25.1 Å². The number of hydrogen-bond acceptors (Lipinski definition) is 3. The van der Waals surface area contributed by atoms with Crippen LogP contribution in [-0.4, -0.2) is 18.2 Å². The second-order valence-electron chi connectivity index (χ2n) is 4.93. The Labute approximate surface area is 109 Å². The van der Waals surface area contributed by atoms with Crippen LogP contribution in [0.4, 0.5) is 0 Å². The van der Waals surface area contributed by atoms with E-state index >= 15 is 0 Å². The van der Waals surface area contributed by atoms with Gasteiger partial charge in [-0.3, -0.25) is 4.79 Å². The number of aliphatic hydroxyl groups is 1. The largest absolute Gasteiger partial charge is 0.469 e. The summed E-state index contributed by atoms with van der Waals surface area (Å²) in [6, 6.07) is 5.76. The Hall–Kier alpha value is -1.35. The molecule has 0 aliphatic rings. The summed E-state index contributed by atoms with van der Waals surface area (Å²) < 4.78 is 4.77. The summed E-state index contributed by atoms with van der Waals surface area (Å²) >= 11 is 0. The van der Waals surface area contributed by atoms with Gasteiger partial charge in [-0.25, -0.2) is 0 Å². The monoisotopic (exact) mass is 250 g/mol. The summed E-state index contributed by atoms with van der Waals surface area (Å²) in [4.78, 5) is 11.7. The lowest BCUT2D eigenvalue weighted by Crippen LogP contribution is -2.37. The van der Waals surface area contributed by atoms with Crippen molar-refractivity contribution in [2.24, 2.45) is 5.92 Å². The highest BCUT2D eigenvalue weighted by Gasteiger charge is 2.38. The zero-order valence-electron chi connectivity index (χ0n) is 11.8. The molecule has 0 fully saturated rings. The molecule has 2 atom stereocenters. The minimum Gasteiger partial charge on any atom is -0.469 e. The fraction of sp³-hybridized carbons (Fsp3) is 0.533. The zero-order chi connectivity index (χ0) is 13.9. The number of esters is 1. The van der Waals surface area contributed by atoms with Gasteiger partial charge in [-0.15, -0.1) is 0 Å². The topological polar surface area (TPSA) is 46.5 Å². The Morgan fingerprint density at radius 3 is 2.44 bits per heavy atom. The normalized spacial score (nSPS) is 15.9. The van der Waals surface area contributed by atoms with Gasteiger partial charge >= 0.3 is 5.97 Å². The summed E-state index contributed by atoms with van der Waals surface area (Å²) in [6.45, 7) is 7.55. The molecular formula is C15H22O3. The smallest absolute Gasteiger partial charge is 0.311 e. The minimum absolute atomic E-state index is 0.374. The van der Waals surface area contributed by atoms with E-state index in [0.717, 1.165) is 11.1 Å². The SMILES string of the molecule is CCC(C(=O)OC)C(C)(O)c1ccc(C)c(C)c1. The predicted octanol–water partition coefficient (Wildman–Crippen LogP) is 2.71. The molecule has 3 heteroatoms. The van der Waals surface area contributed by atoms with Gasteiger partial charge in [0.25, 0.3) is 0 Å². The van der Waals surface area contributed by atoms with Gasteiger partial charge < -0.3 is 9.84 Å². The van der Waals surface area contributed by atoms with Crippen molar-refractivity contribution in [1.29, 1.82) is 0 Å². The molecule has 0 saturated heterocycles. The predicted molar refractivity (Wildman–Crippen MR) is 71.3 cm³/mol. The number of ether oxygens (including phenoxy) is 1. The van der Waals surface area contributed by atoms with Crippen molar-refractivity contribution < 1.29 is 14.6 Å². The molecule has 0 aliphatic heterocycles. The first-order chi connectivity index (χ1) is 8.34. The molecule has 1 aromatic carbocycles. The standard InChI is InChI=1S/C15H22O3/c1-6-13(14(16)18-5)15(4,17)12-8-7-10(2)11(3)9-12/h7-9,13,17H,6H2,1-5H3. The first-order valence-corrected chi connectivity index (χ1v) is 6.22. The van der Waals surface area contributed by atoms with E-state index in [2.05, 4.69) is 0 Å². The number of methoxy groups -OCH3 is 1. The lowest BCUT2D eigenvalue weighted by molar-refractivity contribution is -0.155. The van der Waals surface area contributed by atoms with Gasteiger partial charge in [0.15, 0.2) is 0 Å². The summed E-state index contributed by atoms with van der Waals surface area (Å²) in [7, 11) is 1.35. The van der Waals surface area contributed by atoms with Crippen molar-refractivity contribution in [2.45, 2.75) is 39.7 Å². The third kappa shape index (κ3) is 2.72. The number of hydrogen-bond donors (Lipinski definition) is 1. The molecule has 100 valence electrons. The number of rotatable bonds is 4. The van der Waals surface area contributed by atoms with Crippen molar-refractivity contribution in [3.63, 3.8) is 0 Å². The van der Waals surface area contributed by atoms with Crippen LogP contribution in [0.25, 0.3) is 0 Å². The molecule has 1 aromatic rings. The van der Waals surface area contributed by atoms with Crippen LogP contribution in [-0.2, 0) is 15.1 Å². The van der Waals surface area contributed by atoms with Crippen LogP contribution in [0, 0.1) is 19.8 Å². The Morgan fingerprint density at radius 2 is 2.00 bits per heavy atom. The van der Waals surface area contributed by atoms with Crippen LogP contribution in [0.1, 0.15) is 37.0 Å². The fourth-order valence-corrected chi connectivity index (χ4v) is 2.19. The first kappa shape index (κ1) is 14.7. The number of benzene rings is 1. The number of aryl methyl sites for hydroxylation is 2. The minimum atomic E-state index is -1.21. The van der Waals surface area contributed by atoms with Crippen LogP contribution < -0.4 is 0 Å². The van der Waals surface area contributed by atoms with Crippen molar-refractivity contribution >= 4 is 5.97 Å². The van der Waals surface area contributed by atoms with Crippen molar-refractivity contribution in [3.05, 3.63) is 34.9 Å². The van der Waals surface area contributed by atoms with E-state index in [1.54, 1.807) is 6.92 Å². The van der Waals surface area contributed by atoms with E-state index in [9.17, 15) is 9.90 Å². The van der Waals surface area contributed by atoms with Gasteiger partial charge in [0.2, 0.25) is 0 Å². The molecule has 18 heavy (non-hydrogen) atoms. The van der Waals surface area contributed by atoms with Crippen molar-refractivity contribution in [2.75, 3.05) is 7.11 Å². The number of carbonyl (C=O) groups is 1. The summed E-state index contributed by atoms with van der Waals surface area (Å²) in [5.74, 6) is -0.926. The maximum Gasteiger partial charge on any atom is 0.311 e. The highest BCUT2D eigenvalue weighted by molar-refractivity contribution is 5.74. The molecule has 0 spiro atoms. The highest BCUT2D eigenvalue weighted by Crippen LogP contribution is 2.33. The molecule has 0 aliphatic carbocycles. The van der Waals surface area contributed by atoms with Crippen molar-refractivity contribution in [3.8, 4) is 0 Å². The van der Waals surface area contributed by atoms with E-state index in [4.69, 9.17) is 4.74 Å². The molecule has 0 radical (unpaired) electrons. The third-order valence-electron chi connectivity index (χ3n) is 3.66. The van der Waals surface area contributed by atoms with Gasteiger partial charge in [-0.05, 0) is 43.9 Å². The van der Waals surface area contributed by atoms with Gasteiger partial charge in [-0.2, -0.15) is 0 Å². The maximum atomic E-state index is 11.7. The summed E-state index contributed by atoms with van der Waals surface area (Å²) in [5.41, 5.74) is 1.82. The second kappa shape index (κ2) is 5.53. The Kier molecular flexibility index (Phi) is 4.52. The van der Waals surface area contributed by atoms with Gasteiger partial charge in [0.1, 0.15) is 5.60 Å². The molecule has 0 bridgehead atoms. The van der Waals surface area contributed by atoms with Crippen LogP contribution in [0.3, 0.4) is 0 Å². The van der Waals surface area contributed by atoms with Crippen LogP contribution >= 0.6 is 0 Å². The van der Waals surface area contributed by atoms with Gasteiger partial charge in [0.05, 0.1) is 13.0 Å². The Bertz CT molecular complexity index is 435. The molecule has 0 amide bonds. The second-order valence-corrected chi connectivity index (χ2v) is 4.93. The summed E-state index contributed by atoms with van der Waals surface area (Å²) in [5, 5.41) is 10.7. The third-order valence-corrected chi connectivity index (χ3v) is 3.66. The van der Waals surface area contributed by atoms with Crippen LogP contribution in [0.2, 0.25) is 0 Å². The van der Waals surface area contributed by atoms with E-state index in [1.807, 2.05) is 39.0 Å². The quantitative estimate of drug-likeness (QED) is 0.836. The number of carbonyl (C=O) groups excluding carboxylic acids is 1. The molecule has 3 nitrogen and oxygen atoms in total. The Balaban J connectivity index is 3.17. The maximum absolute atomic E-state index is 11.7. The fourth-order valence-electron chi connectivity index (χ4n) is 2.19. The molecular weight excluding hydrogens is 228 g/mol. The molecule has 1 rings (SSSR count). The molecule has 1 N–H and O–H groups in total. The molecule has 0 heterocycles. The van der Waals surface area contributed by atoms with E-state index < -0.39 is 11.5 Å². The lowest BCUT2D eigenvalue weighted by atomic mass is 9.80. The average Bonchev–Trinajstić information content (AvgIpc) is 2.32. The van der Waals surface area contributed by atoms with E-state index in [-0.39, 0.29) is 5.97 Å². The first-order valence-electron chi connectivity index (χ1n) is 6.22. The lowest BCUT2D eigenvalue weighted by Gasteiger charge is -2.31. The van der Waals surface area contributed by atoms with Gasteiger partial charge in [0, 0.05) is 0 Å². The Morgan fingerprint density at radius 1 is 1.39 bits per heavy atom.